The lowest BCUT2D eigenvalue weighted by atomic mass is 10.0. The van der Waals surface area contributed by atoms with E-state index >= 15 is 0 Å². The van der Waals surface area contributed by atoms with Crippen molar-refractivity contribution in [3.8, 4) is 0 Å². The number of nitrogens with one attached hydrogen (secondary N) is 2. The van der Waals surface area contributed by atoms with Gasteiger partial charge in [0.2, 0.25) is 0 Å². The molecule has 0 amide bonds. The molecule has 3 heteroatoms. The number of hydrogen-bond acceptors (Lipinski definition) is 1. The number of quaternary nitrogens is 1. The Labute approximate surface area is 135 Å². The first-order valence-corrected chi connectivity index (χ1v) is 8.48. The van der Waals surface area contributed by atoms with Crippen molar-refractivity contribution < 1.29 is 4.90 Å². The molecule has 0 radical (unpaired) electrons. The van der Waals surface area contributed by atoms with E-state index in [0.717, 1.165) is 11.0 Å². The maximum atomic E-state index is 3.66. The fraction of sp³-hybridized carbons (Fsp3) is 0.333. The Bertz CT molecular complexity index is 545. The van der Waals surface area contributed by atoms with Crippen molar-refractivity contribution in [2.45, 2.75) is 25.4 Å². The Morgan fingerprint density at radius 2 is 1.62 bits per heavy atom. The second-order valence-corrected chi connectivity index (χ2v) is 6.75. The third-order valence-corrected chi connectivity index (χ3v) is 4.73. The van der Waals surface area contributed by atoms with Crippen molar-refractivity contribution in [3.63, 3.8) is 0 Å². The highest BCUT2D eigenvalue weighted by molar-refractivity contribution is 9.10. The van der Waals surface area contributed by atoms with Gasteiger partial charge < -0.3 is 10.2 Å². The van der Waals surface area contributed by atoms with Gasteiger partial charge in [-0.05, 0) is 24.3 Å². The summed E-state index contributed by atoms with van der Waals surface area (Å²) >= 11 is 3.48. The van der Waals surface area contributed by atoms with Crippen LogP contribution in [0.2, 0.25) is 0 Å². The molecule has 21 heavy (non-hydrogen) atoms. The zero-order valence-corrected chi connectivity index (χ0v) is 13.8. The summed E-state index contributed by atoms with van der Waals surface area (Å²) in [6.07, 6.45) is 2.50. The molecule has 0 aliphatic carbocycles. The molecule has 0 atom stereocenters. The van der Waals surface area contributed by atoms with Gasteiger partial charge in [-0.1, -0.05) is 46.3 Å². The zero-order valence-electron chi connectivity index (χ0n) is 12.2. The fourth-order valence-corrected chi connectivity index (χ4v) is 3.28. The lowest BCUT2D eigenvalue weighted by molar-refractivity contribution is -0.918. The third-order valence-electron chi connectivity index (χ3n) is 4.20. The largest absolute Gasteiger partial charge is 0.382 e. The monoisotopic (exact) mass is 345 g/mol. The summed E-state index contributed by atoms with van der Waals surface area (Å²) in [5, 5.41) is 3.66. The van der Waals surface area contributed by atoms with E-state index in [2.05, 4.69) is 75.8 Å². The van der Waals surface area contributed by atoms with Crippen LogP contribution >= 0.6 is 15.9 Å². The van der Waals surface area contributed by atoms with Crippen LogP contribution in [0.4, 0.5) is 5.69 Å². The second-order valence-electron chi connectivity index (χ2n) is 5.84. The molecule has 1 aliphatic heterocycles. The van der Waals surface area contributed by atoms with Crippen LogP contribution in [-0.2, 0) is 6.54 Å². The van der Waals surface area contributed by atoms with Gasteiger partial charge in [0, 0.05) is 34.6 Å². The summed E-state index contributed by atoms with van der Waals surface area (Å²) in [5.41, 5.74) is 2.68. The third kappa shape index (κ3) is 4.32. The van der Waals surface area contributed by atoms with E-state index in [-0.39, 0.29) is 0 Å². The van der Waals surface area contributed by atoms with Crippen LogP contribution in [0.25, 0.3) is 0 Å². The minimum absolute atomic E-state index is 0.616. The summed E-state index contributed by atoms with van der Waals surface area (Å²) in [4.78, 5) is 1.70. The van der Waals surface area contributed by atoms with E-state index in [0.29, 0.717) is 6.04 Å². The van der Waals surface area contributed by atoms with Crippen molar-refractivity contribution in [1.29, 1.82) is 0 Å². The first kappa shape index (κ1) is 14.6. The minimum atomic E-state index is 0.616. The number of benzene rings is 2. The second kappa shape index (κ2) is 7.10. The van der Waals surface area contributed by atoms with Gasteiger partial charge in [0.25, 0.3) is 0 Å². The normalized spacial score (nSPS) is 22.0. The van der Waals surface area contributed by atoms with Crippen molar-refractivity contribution in [1.82, 2.24) is 0 Å². The molecule has 0 bridgehead atoms. The molecule has 0 spiro atoms. The number of anilines is 1. The van der Waals surface area contributed by atoms with Crippen molar-refractivity contribution in [2.24, 2.45) is 0 Å². The Balaban J connectivity index is 1.47. The average Bonchev–Trinajstić information content (AvgIpc) is 2.53. The SMILES string of the molecule is Brc1ccc(NC2CC[NH+](Cc3ccccc3)CC2)cc1. The van der Waals surface area contributed by atoms with Crippen molar-refractivity contribution in [3.05, 3.63) is 64.6 Å². The Kier molecular flexibility index (Phi) is 4.94. The van der Waals surface area contributed by atoms with E-state index in [9.17, 15) is 0 Å². The van der Waals surface area contributed by atoms with Gasteiger partial charge in [-0.25, -0.2) is 0 Å². The van der Waals surface area contributed by atoms with Gasteiger partial charge in [0.05, 0.1) is 13.1 Å². The molecule has 2 nitrogen and oxygen atoms in total. The summed E-state index contributed by atoms with van der Waals surface area (Å²) in [6, 6.07) is 19.9. The van der Waals surface area contributed by atoms with Crippen molar-refractivity contribution in [2.75, 3.05) is 18.4 Å². The summed E-state index contributed by atoms with van der Waals surface area (Å²) in [5.74, 6) is 0. The molecule has 2 N–H and O–H groups in total. The summed E-state index contributed by atoms with van der Waals surface area (Å²) in [6.45, 7) is 3.66. The molecular weight excluding hydrogens is 324 g/mol. The first-order chi connectivity index (χ1) is 10.3. The van der Waals surface area contributed by atoms with Crippen LogP contribution in [0, 0.1) is 0 Å². The van der Waals surface area contributed by atoms with Crippen LogP contribution in [0.3, 0.4) is 0 Å². The van der Waals surface area contributed by atoms with E-state index in [4.69, 9.17) is 0 Å². The van der Waals surface area contributed by atoms with Gasteiger partial charge in [0.1, 0.15) is 6.54 Å². The highest BCUT2D eigenvalue weighted by Gasteiger charge is 2.21. The molecule has 3 rings (SSSR count). The predicted molar refractivity (Wildman–Crippen MR) is 91.6 cm³/mol. The van der Waals surface area contributed by atoms with Crippen LogP contribution in [0.5, 0.6) is 0 Å². The van der Waals surface area contributed by atoms with Gasteiger partial charge in [-0.15, -0.1) is 0 Å². The van der Waals surface area contributed by atoms with Crippen LogP contribution in [0.1, 0.15) is 18.4 Å². The van der Waals surface area contributed by atoms with E-state index < -0.39 is 0 Å². The van der Waals surface area contributed by atoms with E-state index in [1.807, 2.05) is 0 Å². The Hall–Kier alpha value is -1.32. The molecule has 2 aromatic carbocycles. The summed E-state index contributed by atoms with van der Waals surface area (Å²) in [7, 11) is 0. The van der Waals surface area contributed by atoms with E-state index in [1.165, 1.54) is 37.2 Å². The smallest absolute Gasteiger partial charge is 0.103 e. The zero-order chi connectivity index (χ0) is 14.5. The Morgan fingerprint density at radius 1 is 0.952 bits per heavy atom. The van der Waals surface area contributed by atoms with Crippen LogP contribution in [-0.4, -0.2) is 19.1 Å². The predicted octanol–water partition coefficient (Wildman–Crippen LogP) is 3.11. The fourth-order valence-electron chi connectivity index (χ4n) is 3.01. The Morgan fingerprint density at radius 3 is 2.29 bits per heavy atom. The number of piperidine rings is 1. The van der Waals surface area contributed by atoms with Gasteiger partial charge in [-0.3, -0.25) is 0 Å². The highest BCUT2D eigenvalue weighted by atomic mass is 79.9. The summed E-state index contributed by atoms with van der Waals surface area (Å²) < 4.78 is 1.13. The standard InChI is InChI=1S/C18H21BrN2/c19-16-6-8-17(9-7-16)20-18-10-12-21(13-11-18)14-15-4-2-1-3-5-15/h1-9,18,20H,10-14H2/p+1. The van der Waals surface area contributed by atoms with Gasteiger partial charge in [0.15, 0.2) is 0 Å². The lowest BCUT2D eigenvalue weighted by Crippen LogP contribution is -3.12. The maximum Gasteiger partial charge on any atom is 0.103 e. The number of halogens is 1. The van der Waals surface area contributed by atoms with Gasteiger partial charge in [-0.2, -0.15) is 0 Å². The molecule has 1 fully saturated rings. The molecule has 1 aliphatic rings. The van der Waals surface area contributed by atoms with Crippen LogP contribution < -0.4 is 10.2 Å². The van der Waals surface area contributed by atoms with Crippen molar-refractivity contribution >= 4 is 21.6 Å². The topological polar surface area (TPSA) is 16.5 Å². The van der Waals surface area contributed by atoms with Gasteiger partial charge >= 0.3 is 0 Å². The molecule has 2 aromatic rings. The number of hydrogen-bond donors (Lipinski definition) is 2. The highest BCUT2D eigenvalue weighted by Crippen LogP contribution is 2.16. The molecule has 0 unspecified atom stereocenters. The molecule has 0 saturated carbocycles. The first-order valence-electron chi connectivity index (χ1n) is 7.69. The molecule has 1 saturated heterocycles. The molecule has 0 aromatic heterocycles. The molecular formula is C18H22BrN2+. The average molecular weight is 346 g/mol. The molecule has 110 valence electrons. The maximum absolute atomic E-state index is 3.66. The van der Waals surface area contributed by atoms with E-state index in [1.54, 1.807) is 4.90 Å². The number of rotatable bonds is 4. The molecule has 1 heterocycles. The van der Waals surface area contributed by atoms with Crippen LogP contribution in [0.15, 0.2) is 59.1 Å². The number of likely N-dealkylation sites (tertiary alicyclic amines) is 1. The lowest BCUT2D eigenvalue weighted by Gasteiger charge is -2.30. The minimum Gasteiger partial charge on any atom is -0.382 e. The quantitative estimate of drug-likeness (QED) is 0.870.